The second-order valence-corrected chi connectivity index (χ2v) is 7.04. The maximum Gasteiger partial charge on any atom is 0.254 e. The van der Waals surface area contributed by atoms with Gasteiger partial charge in [0.15, 0.2) is 17.3 Å². The van der Waals surface area contributed by atoms with Crippen LogP contribution in [0.4, 0.5) is 10.2 Å². The summed E-state index contributed by atoms with van der Waals surface area (Å²) in [6, 6.07) is 5.80. The fraction of sp³-hybridized carbons (Fsp3) is 0.286. The highest BCUT2D eigenvalue weighted by Gasteiger charge is 2.26. The van der Waals surface area contributed by atoms with E-state index < -0.39 is 11.9 Å². The van der Waals surface area contributed by atoms with Gasteiger partial charge in [-0.1, -0.05) is 12.1 Å². The number of carbonyl (C=O) groups excluding carboxylic acids is 1. The molecule has 2 bridgehead atoms. The van der Waals surface area contributed by atoms with E-state index in [0.717, 1.165) is 16.8 Å². The Morgan fingerprint density at radius 2 is 2.14 bits per heavy atom. The molecule has 0 saturated heterocycles. The summed E-state index contributed by atoms with van der Waals surface area (Å²) >= 11 is 0. The molecule has 3 aromatic rings. The van der Waals surface area contributed by atoms with E-state index in [1.165, 1.54) is 23.1 Å². The fourth-order valence-corrected chi connectivity index (χ4v) is 3.54. The van der Waals surface area contributed by atoms with E-state index in [4.69, 9.17) is 15.0 Å². The molecule has 8 heteroatoms. The summed E-state index contributed by atoms with van der Waals surface area (Å²) in [6.07, 6.45) is 1.66. The highest BCUT2D eigenvalue weighted by atomic mass is 19.1. The Labute approximate surface area is 167 Å². The third-order valence-corrected chi connectivity index (χ3v) is 5.05. The number of nitrogens with two attached hydrogens (primary N) is 1. The van der Waals surface area contributed by atoms with Crippen LogP contribution in [0.1, 0.15) is 47.3 Å². The second kappa shape index (κ2) is 7.20. The molecule has 4 rings (SSSR count). The van der Waals surface area contributed by atoms with Crippen molar-refractivity contribution in [3.8, 4) is 16.9 Å². The Bertz CT molecular complexity index is 1100. The molecule has 1 unspecified atom stereocenters. The molecule has 1 aromatic carbocycles. The number of hydrogen-bond donors (Lipinski definition) is 1. The summed E-state index contributed by atoms with van der Waals surface area (Å²) in [5, 5.41) is 4.15. The van der Waals surface area contributed by atoms with Gasteiger partial charge in [0, 0.05) is 29.9 Å². The molecule has 0 spiro atoms. The summed E-state index contributed by atoms with van der Waals surface area (Å²) in [5.41, 5.74) is 9.06. The predicted octanol–water partition coefficient (Wildman–Crippen LogP) is 3.75. The maximum absolute atomic E-state index is 13.9. The SMILES string of the molecule is CCc1noc2c1-c1cnc(N)c(c1)OC(C)c1cc(F)ccc1C(=O)N(C)C2. The van der Waals surface area contributed by atoms with Gasteiger partial charge in [-0.3, -0.25) is 4.79 Å². The van der Waals surface area contributed by atoms with Crippen molar-refractivity contribution >= 4 is 11.7 Å². The minimum atomic E-state index is -0.621. The number of aromatic nitrogens is 2. The standard InChI is InChI=1S/C21H21FN4O3/c1-4-16-19-12-7-17(20(23)24-9-12)28-11(2)15-8-13(22)5-6-14(15)21(27)26(3)10-18(19)29-25-16/h5-9,11H,4,10H2,1-3H3,(H2,23,24). The smallest absolute Gasteiger partial charge is 0.254 e. The van der Waals surface area contributed by atoms with Crippen LogP contribution in [0.5, 0.6) is 5.75 Å². The lowest BCUT2D eigenvalue weighted by Crippen LogP contribution is -2.28. The average Bonchev–Trinajstić information content (AvgIpc) is 3.10. The zero-order valence-corrected chi connectivity index (χ0v) is 16.4. The van der Waals surface area contributed by atoms with Gasteiger partial charge in [0.05, 0.1) is 17.8 Å². The first-order chi connectivity index (χ1) is 13.9. The highest BCUT2D eigenvalue weighted by Crippen LogP contribution is 2.36. The van der Waals surface area contributed by atoms with Crippen LogP contribution >= 0.6 is 0 Å². The lowest BCUT2D eigenvalue weighted by Gasteiger charge is -2.23. The number of amides is 1. The average molecular weight is 396 g/mol. The van der Waals surface area contributed by atoms with Crippen molar-refractivity contribution in [2.24, 2.45) is 0 Å². The first kappa shape index (κ1) is 18.9. The van der Waals surface area contributed by atoms with E-state index in [9.17, 15) is 9.18 Å². The molecular formula is C21H21FN4O3. The van der Waals surface area contributed by atoms with Gasteiger partial charge in [0.25, 0.3) is 5.91 Å². The molecular weight excluding hydrogens is 375 g/mol. The molecule has 29 heavy (non-hydrogen) atoms. The highest BCUT2D eigenvalue weighted by molar-refractivity contribution is 5.95. The number of rotatable bonds is 1. The molecule has 1 amide bonds. The first-order valence-electron chi connectivity index (χ1n) is 9.34. The van der Waals surface area contributed by atoms with E-state index in [2.05, 4.69) is 10.1 Å². The Hall–Kier alpha value is -3.42. The van der Waals surface area contributed by atoms with Crippen LogP contribution in [0.2, 0.25) is 0 Å². The van der Waals surface area contributed by atoms with Gasteiger partial charge in [-0.15, -0.1) is 0 Å². The quantitative estimate of drug-likeness (QED) is 0.673. The molecule has 1 aliphatic heterocycles. The van der Waals surface area contributed by atoms with E-state index in [-0.39, 0.29) is 18.3 Å². The normalized spacial score (nSPS) is 16.3. The van der Waals surface area contributed by atoms with Crippen LogP contribution in [0.3, 0.4) is 0 Å². The van der Waals surface area contributed by atoms with Crippen molar-refractivity contribution in [3.05, 3.63) is 58.9 Å². The van der Waals surface area contributed by atoms with E-state index >= 15 is 0 Å². The van der Waals surface area contributed by atoms with E-state index in [1.54, 1.807) is 26.2 Å². The van der Waals surface area contributed by atoms with Crippen molar-refractivity contribution in [3.63, 3.8) is 0 Å². The summed E-state index contributed by atoms with van der Waals surface area (Å²) < 4.78 is 25.5. The van der Waals surface area contributed by atoms with Crippen molar-refractivity contribution in [2.75, 3.05) is 12.8 Å². The number of nitrogen functional groups attached to an aromatic ring is 1. The Morgan fingerprint density at radius 1 is 1.34 bits per heavy atom. The number of nitrogens with zero attached hydrogens (tertiary/aromatic N) is 3. The van der Waals surface area contributed by atoms with Gasteiger partial charge in [-0.25, -0.2) is 9.37 Å². The number of anilines is 1. The van der Waals surface area contributed by atoms with Gasteiger partial charge in [0.1, 0.15) is 11.9 Å². The number of pyridine rings is 1. The summed E-state index contributed by atoms with van der Waals surface area (Å²) in [5.74, 6) is 0.362. The molecule has 150 valence electrons. The van der Waals surface area contributed by atoms with E-state index in [0.29, 0.717) is 29.1 Å². The number of benzene rings is 1. The monoisotopic (exact) mass is 396 g/mol. The molecule has 3 heterocycles. The molecule has 0 radical (unpaired) electrons. The Kier molecular flexibility index (Phi) is 4.70. The lowest BCUT2D eigenvalue weighted by atomic mass is 10.00. The lowest BCUT2D eigenvalue weighted by molar-refractivity contribution is 0.0767. The summed E-state index contributed by atoms with van der Waals surface area (Å²) in [4.78, 5) is 18.9. The molecule has 7 nitrogen and oxygen atoms in total. The number of hydrogen-bond acceptors (Lipinski definition) is 6. The van der Waals surface area contributed by atoms with E-state index in [1.807, 2.05) is 6.92 Å². The van der Waals surface area contributed by atoms with Gasteiger partial charge in [0.2, 0.25) is 0 Å². The van der Waals surface area contributed by atoms with Crippen LogP contribution in [-0.2, 0) is 13.0 Å². The summed E-state index contributed by atoms with van der Waals surface area (Å²) in [6.45, 7) is 3.91. The topological polar surface area (TPSA) is 94.5 Å². The third-order valence-electron chi connectivity index (χ3n) is 5.05. The van der Waals surface area contributed by atoms with Crippen LogP contribution in [0.25, 0.3) is 11.1 Å². The molecule has 0 aliphatic carbocycles. The van der Waals surface area contributed by atoms with Crippen LogP contribution < -0.4 is 10.5 Å². The Morgan fingerprint density at radius 3 is 2.90 bits per heavy atom. The molecule has 2 aromatic heterocycles. The largest absolute Gasteiger partial charge is 0.482 e. The van der Waals surface area contributed by atoms with Crippen molar-refractivity contribution < 1.29 is 18.4 Å². The number of halogens is 1. The number of aryl methyl sites for hydroxylation is 1. The van der Waals surface area contributed by atoms with Gasteiger partial charge < -0.3 is 19.9 Å². The third kappa shape index (κ3) is 3.30. The molecule has 1 atom stereocenters. The summed E-state index contributed by atoms with van der Waals surface area (Å²) in [7, 11) is 1.66. The van der Waals surface area contributed by atoms with Gasteiger partial charge in [-0.05, 0) is 37.6 Å². The van der Waals surface area contributed by atoms with Crippen molar-refractivity contribution in [2.45, 2.75) is 32.9 Å². The predicted molar refractivity (Wildman–Crippen MR) is 105 cm³/mol. The number of fused-ring (bicyclic) bond motifs is 5. The zero-order chi connectivity index (χ0) is 20.7. The van der Waals surface area contributed by atoms with Crippen molar-refractivity contribution in [1.29, 1.82) is 0 Å². The molecule has 2 N–H and O–H groups in total. The van der Waals surface area contributed by atoms with Crippen LogP contribution in [-0.4, -0.2) is 28.0 Å². The van der Waals surface area contributed by atoms with Gasteiger partial charge in [-0.2, -0.15) is 0 Å². The fourth-order valence-electron chi connectivity index (χ4n) is 3.54. The maximum atomic E-state index is 13.9. The minimum Gasteiger partial charge on any atom is -0.482 e. The first-order valence-corrected chi connectivity index (χ1v) is 9.34. The molecule has 1 aliphatic rings. The molecule has 0 saturated carbocycles. The minimum absolute atomic E-state index is 0.201. The molecule has 0 fully saturated rings. The number of carbonyl (C=O) groups is 1. The number of ether oxygens (including phenoxy) is 1. The van der Waals surface area contributed by atoms with Gasteiger partial charge >= 0.3 is 0 Å². The van der Waals surface area contributed by atoms with Crippen LogP contribution in [0, 0.1) is 5.82 Å². The van der Waals surface area contributed by atoms with Crippen LogP contribution in [0.15, 0.2) is 35.0 Å². The Balaban J connectivity index is 1.94. The van der Waals surface area contributed by atoms with Crippen molar-refractivity contribution in [1.82, 2.24) is 15.0 Å². The zero-order valence-electron chi connectivity index (χ0n) is 16.4. The second-order valence-electron chi connectivity index (χ2n) is 7.04.